The lowest BCUT2D eigenvalue weighted by atomic mass is 9.94. The van der Waals surface area contributed by atoms with Crippen LogP contribution in [-0.4, -0.2) is 26.3 Å². The summed E-state index contributed by atoms with van der Waals surface area (Å²) in [4.78, 5) is 11.4. The molecule has 1 unspecified atom stereocenters. The average molecular weight is 327 g/mol. The number of nitrogens with zero attached hydrogens (tertiary/aromatic N) is 5. The van der Waals surface area contributed by atoms with Gasteiger partial charge in [0.25, 0.3) is 0 Å². The lowest BCUT2D eigenvalue weighted by molar-refractivity contribution is 0.462. The second-order valence-electron chi connectivity index (χ2n) is 6.24. The van der Waals surface area contributed by atoms with Gasteiger partial charge >= 0.3 is 0 Å². The summed E-state index contributed by atoms with van der Waals surface area (Å²) in [6.07, 6.45) is 4.65. The van der Waals surface area contributed by atoms with E-state index in [2.05, 4.69) is 50.3 Å². The van der Waals surface area contributed by atoms with Gasteiger partial charge in [-0.1, -0.05) is 48.5 Å². The molecule has 0 N–H and O–H groups in total. The molecule has 1 aliphatic rings. The van der Waals surface area contributed by atoms with Gasteiger partial charge in [0.1, 0.15) is 12.1 Å². The van der Waals surface area contributed by atoms with Crippen LogP contribution < -0.4 is 4.90 Å². The Hall–Kier alpha value is -3.21. The Bertz CT molecular complexity index is 1010. The number of anilines is 1. The van der Waals surface area contributed by atoms with Crippen LogP contribution in [0.1, 0.15) is 18.0 Å². The molecule has 5 heteroatoms. The van der Waals surface area contributed by atoms with E-state index >= 15 is 0 Å². The maximum absolute atomic E-state index is 4.57. The standard InChI is InChI=1S/C20H17N5/c1-3-7-15(8-4-1)18-11-12-24(18)19-17-13-23-25(20(17)22-14-21-19)16-9-5-2-6-10-16/h1-10,13-14,18H,11-12H2. The molecule has 0 amide bonds. The van der Waals surface area contributed by atoms with Crippen LogP contribution in [0.3, 0.4) is 0 Å². The van der Waals surface area contributed by atoms with Gasteiger partial charge in [0, 0.05) is 6.54 Å². The lowest BCUT2D eigenvalue weighted by Crippen LogP contribution is -2.41. The summed E-state index contributed by atoms with van der Waals surface area (Å²) in [5.41, 5.74) is 3.18. The SMILES string of the molecule is c1ccc(C2CCN2c2ncnc3c2cnn3-c2ccccc2)cc1. The van der Waals surface area contributed by atoms with Crippen molar-refractivity contribution in [1.29, 1.82) is 0 Å². The Labute approximate surface area is 145 Å². The van der Waals surface area contributed by atoms with Crippen LogP contribution in [-0.2, 0) is 0 Å². The van der Waals surface area contributed by atoms with Gasteiger partial charge in [0.05, 0.1) is 23.3 Å². The molecule has 5 nitrogen and oxygen atoms in total. The molecule has 0 radical (unpaired) electrons. The minimum absolute atomic E-state index is 0.374. The third-order valence-corrected chi connectivity index (χ3v) is 4.82. The summed E-state index contributed by atoms with van der Waals surface area (Å²) >= 11 is 0. The second kappa shape index (κ2) is 5.70. The third kappa shape index (κ3) is 2.28. The van der Waals surface area contributed by atoms with Gasteiger partial charge in [-0.25, -0.2) is 14.6 Å². The smallest absolute Gasteiger partial charge is 0.168 e. The monoisotopic (exact) mass is 327 g/mol. The number of benzene rings is 2. The first-order valence-corrected chi connectivity index (χ1v) is 8.47. The van der Waals surface area contributed by atoms with E-state index in [-0.39, 0.29) is 0 Å². The topological polar surface area (TPSA) is 46.8 Å². The number of fused-ring (bicyclic) bond motifs is 1. The van der Waals surface area contributed by atoms with Crippen molar-refractivity contribution in [3.05, 3.63) is 78.8 Å². The van der Waals surface area contributed by atoms with Crippen LogP contribution in [0.15, 0.2) is 73.2 Å². The van der Waals surface area contributed by atoms with Gasteiger partial charge in [-0.3, -0.25) is 0 Å². The van der Waals surface area contributed by atoms with E-state index in [1.165, 1.54) is 5.56 Å². The fourth-order valence-corrected chi connectivity index (χ4v) is 3.48. The van der Waals surface area contributed by atoms with E-state index < -0.39 is 0 Å². The van der Waals surface area contributed by atoms with Gasteiger partial charge in [0.15, 0.2) is 5.65 Å². The van der Waals surface area contributed by atoms with Crippen LogP contribution >= 0.6 is 0 Å². The number of rotatable bonds is 3. The highest BCUT2D eigenvalue weighted by Crippen LogP contribution is 2.39. The third-order valence-electron chi connectivity index (χ3n) is 4.82. The summed E-state index contributed by atoms with van der Waals surface area (Å²) < 4.78 is 1.87. The predicted molar refractivity (Wildman–Crippen MR) is 97.8 cm³/mol. The van der Waals surface area contributed by atoms with Gasteiger partial charge in [-0.15, -0.1) is 0 Å². The minimum atomic E-state index is 0.374. The van der Waals surface area contributed by atoms with Crippen molar-refractivity contribution in [2.75, 3.05) is 11.4 Å². The van der Waals surface area contributed by atoms with Crippen molar-refractivity contribution in [3.8, 4) is 5.69 Å². The zero-order valence-electron chi connectivity index (χ0n) is 13.7. The van der Waals surface area contributed by atoms with E-state index in [0.717, 1.165) is 35.5 Å². The van der Waals surface area contributed by atoms with Crippen molar-refractivity contribution in [2.45, 2.75) is 12.5 Å². The number of hydrogen-bond donors (Lipinski definition) is 0. The number of para-hydroxylation sites is 1. The zero-order valence-corrected chi connectivity index (χ0v) is 13.7. The maximum atomic E-state index is 4.57. The molecule has 1 fully saturated rings. The summed E-state index contributed by atoms with van der Waals surface area (Å²) in [6, 6.07) is 21.1. The van der Waals surface area contributed by atoms with Crippen molar-refractivity contribution in [1.82, 2.24) is 19.7 Å². The number of hydrogen-bond acceptors (Lipinski definition) is 4. The first-order chi connectivity index (χ1) is 12.4. The van der Waals surface area contributed by atoms with Crippen LogP contribution in [0, 0.1) is 0 Å². The van der Waals surface area contributed by atoms with Crippen molar-refractivity contribution in [3.63, 3.8) is 0 Å². The van der Waals surface area contributed by atoms with Crippen LogP contribution in [0.5, 0.6) is 0 Å². The van der Waals surface area contributed by atoms with Crippen LogP contribution in [0.4, 0.5) is 5.82 Å². The van der Waals surface area contributed by atoms with E-state index in [1.54, 1.807) is 6.33 Å². The molecule has 122 valence electrons. The molecule has 0 saturated carbocycles. The molecule has 1 saturated heterocycles. The van der Waals surface area contributed by atoms with E-state index in [9.17, 15) is 0 Å². The van der Waals surface area contributed by atoms with E-state index in [0.29, 0.717) is 6.04 Å². The fraction of sp³-hybridized carbons (Fsp3) is 0.150. The molecule has 0 aliphatic carbocycles. The molecule has 2 aromatic carbocycles. The molecular formula is C20H17N5. The van der Waals surface area contributed by atoms with E-state index in [1.807, 2.05) is 41.2 Å². The minimum Gasteiger partial charge on any atom is -0.349 e. The quantitative estimate of drug-likeness (QED) is 0.575. The molecule has 5 rings (SSSR count). The second-order valence-corrected chi connectivity index (χ2v) is 6.24. The Morgan fingerprint density at radius 2 is 1.64 bits per heavy atom. The molecule has 0 bridgehead atoms. The molecule has 2 aromatic heterocycles. The first kappa shape index (κ1) is 14.2. The van der Waals surface area contributed by atoms with Gasteiger partial charge in [-0.2, -0.15) is 5.10 Å². The Morgan fingerprint density at radius 3 is 2.36 bits per heavy atom. The molecule has 1 atom stereocenters. The Balaban J connectivity index is 1.58. The van der Waals surface area contributed by atoms with Crippen LogP contribution in [0.25, 0.3) is 16.7 Å². The predicted octanol–water partition coefficient (Wildman–Crippen LogP) is 3.77. The molecular weight excluding hydrogens is 310 g/mol. The van der Waals surface area contributed by atoms with Gasteiger partial charge < -0.3 is 4.90 Å². The highest BCUT2D eigenvalue weighted by atomic mass is 15.3. The highest BCUT2D eigenvalue weighted by Gasteiger charge is 2.32. The summed E-state index contributed by atoms with van der Waals surface area (Å²) in [5, 5.41) is 5.54. The summed E-state index contributed by atoms with van der Waals surface area (Å²) in [7, 11) is 0. The normalized spacial score (nSPS) is 16.8. The largest absolute Gasteiger partial charge is 0.349 e. The van der Waals surface area contributed by atoms with Crippen molar-refractivity contribution >= 4 is 16.9 Å². The van der Waals surface area contributed by atoms with Crippen molar-refractivity contribution < 1.29 is 0 Å². The Kier molecular flexibility index (Phi) is 3.23. The average Bonchev–Trinajstić information content (AvgIpc) is 3.08. The number of aromatic nitrogens is 4. The van der Waals surface area contributed by atoms with Gasteiger partial charge in [0.2, 0.25) is 0 Å². The summed E-state index contributed by atoms with van der Waals surface area (Å²) in [6.45, 7) is 1.00. The van der Waals surface area contributed by atoms with Crippen molar-refractivity contribution in [2.24, 2.45) is 0 Å². The first-order valence-electron chi connectivity index (χ1n) is 8.47. The molecule has 1 aliphatic heterocycles. The molecule has 25 heavy (non-hydrogen) atoms. The maximum Gasteiger partial charge on any atom is 0.168 e. The van der Waals surface area contributed by atoms with Crippen LogP contribution in [0.2, 0.25) is 0 Å². The fourth-order valence-electron chi connectivity index (χ4n) is 3.48. The highest BCUT2D eigenvalue weighted by molar-refractivity contribution is 5.88. The molecule has 0 spiro atoms. The van der Waals surface area contributed by atoms with E-state index in [4.69, 9.17) is 0 Å². The molecule has 3 heterocycles. The zero-order chi connectivity index (χ0) is 16.6. The molecule has 4 aromatic rings. The summed E-state index contributed by atoms with van der Waals surface area (Å²) in [5.74, 6) is 0.965. The lowest BCUT2D eigenvalue weighted by Gasteiger charge is -2.42. The Morgan fingerprint density at radius 1 is 0.880 bits per heavy atom. The van der Waals surface area contributed by atoms with Gasteiger partial charge in [-0.05, 0) is 24.1 Å².